The fraction of sp³-hybridized carbons (Fsp3) is 0.462. The number of aliphatic hydroxyl groups is 2. The number of nitrogens with one attached hydrogen (secondary N) is 1. The first-order valence-electron chi connectivity index (χ1n) is 12.5. The molecule has 2 aromatic rings. The summed E-state index contributed by atoms with van der Waals surface area (Å²) < 4.78 is 59.1. The zero-order valence-corrected chi connectivity index (χ0v) is 22.2. The summed E-state index contributed by atoms with van der Waals surface area (Å²) in [5.41, 5.74) is -1.61. The molecule has 210 valence electrons. The lowest BCUT2D eigenvalue weighted by Gasteiger charge is -2.45. The van der Waals surface area contributed by atoms with E-state index in [1.807, 2.05) is 0 Å². The molecule has 13 heteroatoms. The monoisotopic (exact) mass is 584 g/mol. The van der Waals surface area contributed by atoms with Crippen LogP contribution in [-0.2, 0) is 14.6 Å². The zero-order valence-electron chi connectivity index (χ0n) is 20.6. The Morgan fingerprint density at radius 2 is 1.85 bits per heavy atom. The Morgan fingerprint density at radius 1 is 1.15 bits per heavy atom. The standard InChI is InChI=1S/C26H27ClF2N2O7S/c27-19-5-1-14(24(33)30-17-4-6-20(28)21(29)12-17)9-22(19)39(36,37)18-10-15-2-3-16(11-18)26(15,35)23(32)13-31-7-8-38-25(31)34/h1,4-6,9,12,15-16,18,23,32,35H,2-3,7-8,10-11,13H2,(H,30,33)/t15-,16?,18-,23?,26-/m0/s1. The van der Waals surface area contributed by atoms with Gasteiger partial charge in [0.2, 0.25) is 0 Å². The van der Waals surface area contributed by atoms with Crippen LogP contribution >= 0.6 is 11.6 Å². The van der Waals surface area contributed by atoms with Crippen molar-refractivity contribution in [2.24, 2.45) is 11.8 Å². The van der Waals surface area contributed by atoms with Crippen molar-refractivity contribution in [1.29, 1.82) is 0 Å². The highest BCUT2D eigenvalue weighted by Gasteiger charge is 2.59. The summed E-state index contributed by atoms with van der Waals surface area (Å²) >= 11 is 6.27. The number of sulfone groups is 1. The maximum Gasteiger partial charge on any atom is 0.410 e. The number of ether oxygens (including phenoxy) is 1. The lowest BCUT2D eigenvalue weighted by Crippen LogP contribution is -2.58. The minimum atomic E-state index is -4.07. The molecule has 2 saturated carbocycles. The number of aliphatic hydroxyl groups excluding tert-OH is 1. The summed E-state index contributed by atoms with van der Waals surface area (Å²) in [4.78, 5) is 25.6. The normalized spacial score (nSPS) is 27.4. The highest BCUT2D eigenvalue weighted by molar-refractivity contribution is 7.92. The Balaban J connectivity index is 1.34. The van der Waals surface area contributed by atoms with E-state index in [0.29, 0.717) is 19.4 Å². The van der Waals surface area contributed by atoms with Crippen LogP contribution < -0.4 is 5.32 Å². The predicted molar refractivity (Wildman–Crippen MR) is 136 cm³/mol. The molecule has 2 amide bonds. The molecule has 2 unspecified atom stereocenters. The number of carbonyl (C=O) groups excluding carboxylic acids is 2. The second kappa shape index (κ2) is 10.3. The Hall–Kier alpha value is -2.80. The fourth-order valence-electron chi connectivity index (χ4n) is 6.11. The molecular weight excluding hydrogens is 558 g/mol. The number of hydrogen-bond acceptors (Lipinski definition) is 7. The molecule has 3 aliphatic rings. The van der Waals surface area contributed by atoms with E-state index in [9.17, 15) is 37.0 Å². The molecule has 39 heavy (non-hydrogen) atoms. The van der Waals surface area contributed by atoms with Crippen molar-refractivity contribution in [2.75, 3.05) is 25.0 Å². The first-order valence-corrected chi connectivity index (χ1v) is 14.5. The Kier molecular flexibility index (Phi) is 7.34. The molecule has 3 N–H and O–H groups in total. The molecular formula is C26H27ClF2N2O7S. The molecule has 2 aromatic carbocycles. The molecule has 1 aliphatic heterocycles. The van der Waals surface area contributed by atoms with E-state index in [1.165, 1.54) is 23.1 Å². The predicted octanol–water partition coefficient (Wildman–Crippen LogP) is 3.38. The number of β-amino-alcohol motifs (C(OH)–C–C–N with tert-alkyl or cyclic N) is 1. The molecule has 0 spiro atoms. The van der Waals surface area contributed by atoms with Crippen LogP contribution in [0.25, 0.3) is 0 Å². The Bertz CT molecular complexity index is 1410. The first kappa shape index (κ1) is 27.8. The maximum absolute atomic E-state index is 13.7. The molecule has 0 aromatic heterocycles. The van der Waals surface area contributed by atoms with Crippen LogP contribution in [0.15, 0.2) is 41.3 Å². The largest absolute Gasteiger partial charge is 0.448 e. The van der Waals surface area contributed by atoms with Crippen molar-refractivity contribution in [2.45, 2.75) is 47.5 Å². The molecule has 5 atom stereocenters. The van der Waals surface area contributed by atoms with E-state index >= 15 is 0 Å². The van der Waals surface area contributed by atoms with Gasteiger partial charge >= 0.3 is 6.09 Å². The van der Waals surface area contributed by atoms with Crippen LogP contribution in [0.2, 0.25) is 5.02 Å². The average Bonchev–Trinajstić information content (AvgIpc) is 3.33. The van der Waals surface area contributed by atoms with E-state index < -0.39 is 62.3 Å². The number of fused-ring (bicyclic) bond motifs is 2. The van der Waals surface area contributed by atoms with Crippen molar-refractivity contribution in [3.05, 3.63) is 58.6 Å². The van der Waals surface area contributed by atoms with E-state index in [0.717, 1.165) is 18.2 Å². The SMILES string of the molecule is O=C(Nc1ccc(F)c(F)c1)c1ccc(Cl)c(S(=O)(=O)[C@@H]2CC3CC[C@@H](C2)[C@@]3(O)C(O)CN2CCOC2=O)c1. The van der Waals surface area contributed by atoms with Gasteiger partial charge in [-0.25, -0.2) is 22.0 Å². The number of halogens is 3. The number of rotatable bonds is 7. The van der Waals surface area contributed by atoms with Crippen LogP contribution in [0.4, 0.5) is 19.3 Å². The van der Waals surface area contributed by atoms with Crippen molar-refractivity contribution < 1.29 is 41.7 Å². The average molecular weight is 585 g/mol. The van der Waals surface area contributed by atoms with E-state index in [1.54, 1.807) is 0 Å². The number of carbonyl (C=O) groups is 2. The van der Waals surface area contributed by atoms with Crippen molar-refractivity contribution in [3.63, 3.8) is 0 Å². The second-order valence-corrected chi connectivity index (χ2v) is 12.9. The first-order chi connectivity index (χ1) is 18.4. The summed E-state index contributed by atoms with van der Waals surface area (Å²) in [6, 6.07) is 6.57. The minimum absolute atomic E-state index is 0.0119. The quantitative estimate of drug-likeness (QED) is 0.454. The minimum Gasteiger partial charge on any atom is -0.448 e. The van der Waals surface area contributed by atoms with Gasteiger partial charge in [-0.2, -0.15) is 0 Å². The van der Waals surface area contributed by atoms with E-state index in [4.69, 9.17) is 16.3 Å². The highest BCUT2D eigenvalue weighted by Crippen LogP contribution is 2.53. The Labute approximate surface area is 228 Å². The van der Waals surface area contributed by atoms with Gasteiger partial charge in [0.05, 0.1) is 33.9 Å². The number of cyclic esters (lactones) is 1. The molecule has 9 nitrogen and oxygen atoms in total. The van der Waals surface area contributed by atoms with Gasteiger partial charge < -0.3 is 25.2 Å². The fourth-order valence-corrected chi connectivity index (χ4v) is 8.51. The van der Waals surface area contributed by atoms with Gasteiger partial charge in [0.15, 0.2) is 21.5 Å². The van der Waals surface area contributed by atoms with Gasteiger partial charge in [-0.05, 0) is 67.9 Å². The molecule has 1 saturated heterocycles. The summed E-state index contributed by atoms with van der Waals surface area (Å²) in [5, 5.41) is 23.9. The number of nitrogens with zero attached hydrogens (tertiary/aromatic N) is 1. The number of amides is 2. The number of hydrogen-bond donors (Lipinski definition) is 3. The van der Waals surface area contributed by atoms with Gasteiger partial charge in [0, 0.05) is 17.3 Å². The molecule has 3 fully saturated rings. The molecule has 2 aliphatic carbocycles. The van der Waals surface area contributed by atoms with Crippen molar-refractivity contribution in [3.8, 4) is 0 Å². The van der Waals surface area contributed by atoms with Gasteiger partial charge in [-0.3, -0.25) is 4.79 Å². The summed E-state index contributed by atoms with van der Waals surface area (Å²) in [7, 11) is -4.07. The summed E-state index contributed by atoms with van der Waals surface area (Å²) in [6.45, 7) is 0.396. The van der Waals surface area contributed by atoms with Crippen molar-refractivity contribution >= 4 is 39.1 Å². The van der Waals surface area contributed by atoms with Gasteiger partial charge in [-0.1, -0.05) is 11.6 Å². The van der Waals surface area contributed by atoms with Gasteiger partial charge in [0.25, 0.3) is 5.91 Å². The molecule has 0 radical (unpaired) electrons. The number of benzene rings is 2. The van der Waals surface area contributed by atoms with Gasteiger partial charge in [0.1, 0.15) is 12.7 Å². The van der Waals surface area contributed by atoms with Crippen LogP contribution in [0.1, 0.15) is 36.0 Å². The van der Waals surface area contributed by atoms with Crippen LogP contribution in [-0.4, -0.2) is 72.2 Å². The highest BCUT2D eigenvalue weighted by atomic mass is 35.5. The van der Waals surface area contributed by atoms with Crippen LogP contribution in [0.5, 0.6) is 0 Å². The molecule has 5 rings (SSSR count). The van der Waals surface area contributed by atoms with Crippen molar-refractivity contribution in [1.82, 2.24) is 4.90 Å². The van der Waals surface area contributed by atoms with E-state index in [-0.39, 0.29) is 47.2 Å². The zero-order chi connectivity index (χ0) is 28.1. The van der Waals surface area contributed by atoms with E-state index in [2.05, 4.69) is 5.32 Å². The van der Waals surface area contributed by atoms with Gasteiger partial charge in [-0.15, -0.1) is 0 Å². The topological polar surface area (TPSA) is 133 Å². The molecule has 1 heterocycles. The lowest BCUT2D eigenvalue weighted by molar-refractivity contribution is -0.145. The van der Waals surface area contributed by atoms with Crippen LogP contribution in [0, 0.1) is 23.5 Å². The molecule has 2 bridgehead atoms. The number of anilines is 1. The summed E-state index contributed by atoms with van der Waals surface area (Å²) in [6.07, 6.45) is -0.671. The van der Waals surface area contributed by atoms with Crippen LogP contribution in [0.3, 0.4) is 0 Å². The third-order valence-electron chi connectivity index (χ3n) is 8.15. The lowest BCUT2D eigenvalue weighted by atomic mass is 9.71. The third-order valence-corrected chi connectivity index (χ3v) is 10.8. The Morgan fingerprint density at radius 3 is 2.46 bits per heavy atom. The summed E-state index contributed by atoms with van der Waals surface area (Å²) in [5.74, 6) is -4.01. The smallest absolute Gasteiger partial charge is 0.410 e. The maximum atomic E-state index is 13.7. The third kappa shape index (κ3) is 4.99. The second-order valence-electron chi connectivity index (χ2n) is 10.3.